The number of benzene rings is 1. The van der Waals surface area contributed by atoms with Gasteiger partial charge in [-0.2, -0.15) is 0 Å². The Bertz CT molecular complexity index is 487. The summed E-state index contributed by atoms with van der Waals surface area (Å²) >= 11 is 0. The molecule has 1 atom stereocenters. The molecule has 2 heterocycles. The second-order valence-corrected chi connectivity index (χ2v) is 5.42. The summed E-state index contributed by atoms with van der Waals surface area (Å²) in [5, 5.41) is 3.44. The first-order chi connectivity index (χ1) is 9.85. The lowest BCUT2D eigenvalue weighted by molar-refractivity contribution is 0.138. The van der Waals surface area contributed by atoms with Gasteiger partial charge in [0.15, 0.2) is 0 Å². The second-order valence-electron chi connectivity index (χ2n) is 5.42. The fourth-order valence-electron chi connectivity index (χ4n) is 2.79. The minimum Gasteiger partial charge on any atom is -0.485 e. The largest absolute Gasteiger partial charge is 0.485 e. The van der Waals surface area contributed by atoms with Crippen LogP contribution in [0.5, 0.6) is 5.75 Å². The molecule has 20 heavy (non-hydrogen) atoms. The third-order valence-corrected chi connectivity index (χ3v) is 3.88. The quantitative estimate of drug-likeness (QED) is 0.853. The minimum atomic E-state index is 0.224. The number of methoxy groups -OCH3 is 1. The minimum absolute atomic E-state index is 0.224. The lowest BCUT2D eigenvalue weighted by atomic mass is 10.1. The summed E-state index contributed by atoms with van der Waals surface area (Å²) in [5.41, 5.74) is 2.52. The van der Waals surface area contributed by atoms with E-state index in [1.165, 1.54) is 5.57 Å². The highest BCUT2D eigenvalue weighted by atomic mass is 16.5. The Balaban J connectivity index is 1.53. The number of rotatable bonds is 4. The van der Waals surface area contributed by atoms with Crippen molar-refractivity contribution in [2.75, 3.05) is 45.2 Å². The maximum absolute atomic E-state index is 6.06. The molecule has 0 amide bonds. The van der Waals surface area contributed by atoms with Gasteiger partial charge in [-0.25, -0.2) is 0 Å². The molecule has 0 fully saturated rings. The molecule has 0 aromatic heterocycles. The first-order valence-electron chi connectivity index (χ1n) is 7.24. The molecule has 2 aliphatic heterocycles. The lowest BCUT2D eigenvalue weighted by Gasteiger charge is -2.33. The van der Waals surface area contributed by atoms with E-state index in [1.54, 1.807) is 7.11 Å². The zero-order chi connectivity index (χ0) is 13.8. The highest BCUT2D eigenvalue weighted by molar-refractivity contribution is 5.57. The van der Waals surface area contributed by atoms with E-state index < -0.39 is 0 Å². The van der Waals surface area contributed by atoms with Crippen LogP contribution in [0.15, 0.2) is 35.9 Å². The van der Waals surface area contributed by atoms with Crippen LogP contribution >= 0.6 is 0 Å². The average Bonchev–Trinajstić information content (AvgIpc) is 2.49. The Morgan fingerprint density at radius 2 is 2.30 bits per heavy atom. The van der Waals surface area contributed by atoms with Gasteiger partial charge in [-0.15, -0.1) is 0 Å². The van der Waals surface area contributed by atoms with Crippen molar-refractivity contribution in [3.8, 4) is 5.75 Å². The monoisotopic (exact) mass is 274 g/mol. The van der Waals surface area contributed by atoms with Crippen LogP contribution in [0, 0.1) is 0 Å². The van der Waals surface area contributed by atoms with Crippen molar-refractivity contribution < 1.29 is 9.47 Å². The maximum Gasteiger partial charge on any atom is 0.142 e. The molecular formula is C16H22N2O2. The molecule has 108 valence electrons. The van der Waals surface area contributed by atoms with Gasteiger partial charge in [0.2, 0.25) is 0 Å². The molecular weight excluding hydrogens is 252 g/mol. The van der Waals surface area contributed by atoms with E-state index in [2.05, 4.69) is 22.4 Å². The highest BCUT2D eigenvalue weighted by Gasteiger charge is 2.22. The number of para-hydroxylation sites is 2. The molecule has 0 saturated carbocycles. The number of anilines is 1. The smallest absolute Gasteiger partial charge is 0.142 e. The predicted molar refractivity (Wildman–Crippen MR) is 80.4 cm³/mol. The molecule has 1 unspecified atom stereocenters. The predicted octanol–water partition coefficient (Wildman–Crippen LogP) is 2.14. The maximum atomic E-state index is 6.06. The van der Waals surface area contributed by atoms with Gasteiger partial charge in [-0.05, 0) is 24.1 Å². The van der Waals surface area contributed by atoms with Crippen LogP contribution in [0.1, 0.15) is 6.42 Å². The van der Waals surface area contributed by atoms with Gasteiger partial charge in [0.25, 0.3) is 0 Å². The first-order valence-corrected chi connectivity index (χ1v) is 7.24. The fourth-order valence-corrected chi connectivity index (χ4v) is 2.79. The van der Waals surface area contributed by atoms with Crippen molar-refractivity contribution in [2.24, 2.45) is 0 Å². The van der Waals surface area contributed by atoms with Crippen molar-refractivity contribution in [3.05, 3.63) is 35.9 Å². The van der Waals surface area contributed by atoms with Gasteiger partial charge >= 0.3 is 0 Å². The number of nitrogens with one attached hydrogen (secondary N) is 1. The number of ether oxygens (including phenoxy) is 2. The van der Waals surface area contributed by atoms with Crippen LogP contribution in [-0.4, -0.2) is 50.9 Å². The number of hydrogen-bond acceptors (Lipinski definition) is 4. The van der Waals surface area contributed by atoms with E-state index in [0.29, 0.717) is 0 Å². The van der Waals surface area contributed by atoms with Crippen LogP contribution < -0.4 is 10.1 Å². The van der Waals surface area contributed by atoms with Crippen LogP contribution in [0.4, 0.5) is 5.69 Å². The summed E-state index contributed by atoms with van der Waals surface area (Å²) in [4.78, 5) is 2.44. The third kappa shape index (κ3) is 3.14. The Hall–Kier alpha value is -1.52. The molecule has 2 aliphatic rings. The van der Waals surface area contributed by atoms with E-state index in [4.69, 9.17) is 9.47 Å². The third-order valence-electron chi connectivity index (χ3n) is 3.88. The fraction of sp³-hybridized carbons (Fsp3) is 0.500. The van der Waals surface area contributed by atoms with Gasteiger partial charge in [0, 0.05) is 26.7 Å². The van der Waals surface area contributed by atoms with Gasteiger partial charge in [-0.1, -0.05) is 18.2 Å². The van der Waals surface area contributed by atoms with Gasteiger partial charge in [-0.3, -0.25) is 4.90 Å². The van der Waals surface area contributed by atoms with Crippen molar-refractivity contribution >= 4 is 5.69 Å². The summed E-state index contributed by atoms with van der Waals surface area (Å²) < 4.78 is 11.2. The highest BCUT2D eigenvalue weighted by Crippen LogP contribution is 2.28. The molecule has 0 bridgehead atoms. The zero-order valence-corrected chi connectivity index (χ0v) is 12.0. The molecule has 1 N–H and O–H groups in total. The topological polar surface area (TPSA) is 33.7 Å². The van der Waals surface area contributed by atoms with Gasteiger partial charge in [0.05, 0.1) is 18.8 Å². The molecule has 4 nitrogen and oxygen atoms in total. The molecule has 0 radical (unpaired) electrons. The van der Waals surface area contributed by atoms with E-state index in [9.17, 15) is 0 Å². The van der Waals surface area contributed by atoms with Crippen LogP contribution in [0.2, 0.25) is 0 Å². The van der Waals surface area contributed by atoms with E-state index in [0.717, 1.165) is 50.6 Å². The molecule has 1 aromatic rings. The zero-order valence-electron chi connectivity index (χ0n) is 12.0. The summed E-state index contributed by atoms with van der Waals surface area (Å²) in [7, 11) is 1.76. The molecule has 3 rings (SSSR count). The summed E-state index contributed by atoms with van der Waals surface area (Å²) in [6.07, 6.45) is 3.61. The summed E-state index contributed by atoms with van der Waals surface area (Å²) in [5.74, 6) is 0.969. The number of fused-ring (bicyclic) bond motifs is 1. The van der Waals surface area contributed by atoms with Gasteiger partial charge in [0.1, 0.15) is 11.9 Å². The van der Waals surface area contributed by atoms with E-state index in [1.807, 2.05) is 18.2 Å². The summed E-state index contributed by atoms with van der Waals surface area (Å²) in [6, 6.07) is 8.14. The second kappa shape index (κ2) is 6.29. The van der Waals surface area contributed by atoms with Crippen LogP contribution in [0.3, 0.4) is 0 Å². The Kier molecular flexibility index (Phi) is 4.23. The van der Waals surface area contributed by atoms with Crippen molar-refractivity contribution in [2.45, 2.75) is 12.5 Å². The van der Waals surface area contributed by atoms with E-state index >= 15 is 0 Å². The molecule has 4 heteroatoms. The SMILES string of the molecule is COCC1=CCN(CC2CNc3ccccc3O2)CC1. The number of hydrogen-bond donors (Lipinski definition) is 1. The molecule has 1 aromatic carbocycles. The molecule has 0 aliphatic carbocycles. The summed E-state index contributed by atoms with van der Waals surface area (Å²) in [6.45, 7) is 4.71. The van der Waals surface area contributed by atoms with Crippen molar-refractivity contribution in [1.29, 1.82) is 0 Å². The Labute approximate surface area is 120 Å². The lowest BCUT2D eigenvalue weighted by Crippen LogP contribution is -2.43. The first kappa shape index (κ1) is 13.5. The number of nitrogens with zero attached hydrogens (tertiary/aromatic N) is 1. The molecule has 0 spiro atoms. The average molecular weight is 274 g/mol. The Morgan fingerprint density at radius 3 is 3.10 bits per heavy atom. The van der Waals surface area contributed by atoms with E-state index in [-0.39, 0.29) is 6.10 Å². The van der Waals surface area contributed by atoms with Crippen LogP contribution in [-0.2, 0) is 4.74 Å². The molecule has 0 saturated heterocycles. The van der Waals surface area contributed by atoms with Crippen LogP contribution in [0.25, 0.3) is 0 Å². The van der Waals surface area contributed by atoms with Crippen molar-refractivity contribution in [3.63, 3.8) is 0 Å². The normalized spacial score (nSPS) is 22.4. The van der Waals surface area contributed by atoms with Crippen molar-refractivity contribution in [1.82, 2.24) is 4.90 Å². The van der Waals surface area contributed by atoms with Gasteiger partial charge < -0.3 is 14.8 Å². The standard InChI is InChI=1S/C16H22N2O2/c1-19-12-13-6-8-18(9-7-13)11-14-10-17-15-4-2-3-5-16(15)20-14/h2-6,14,17H,7-12H2,1H3. The Morgan fingerprint density at radius 1 is 1.40 bits per heavy atom.